The lowest BCUT2D eigenvalue weighted by atomic mass is 10.1. The summed E-state index contributed by atoms with van der Waals surface area (Å²) in [6, 6.07) is 0.0379. The fourth-order valence-electron chi connectivity index (χ4n) is 1.19. The van der Waals surface area contributed by atoms with Crippen molar-refractivity contribution in [3.05, 3.63) is 12.3 Å². The van der Waals surface area contributed by atoms with Gasteiger partial charge in [0.05, 0.1) is 0 Å². The third-order valence-electron chi connectivity index (χ3n) is 1.73. The molecule has 0 bridgehead atoms. The third kappa shape index (κ3) is 0.542. The molecule has 2 rings (SSSR count). The van der Waals surface area contributed by atoms with Crippen molar-refractivity contribution in [1.82, 2.24) is 10.2 Å². The highest BCUT2D eigenvalue weighted by Crippen LogP contribution is 2.18. The molecular weight excluding hydrogens is 116 g/mol. The first-order valence-corrected chi connectivity index (χ1v) is 3.13. The molecule has 2 amide bonds. The summed E-state index contributed by atoms with van der Waals surface area (Å²) in [5.74, 6) is 0. The number of nitrogens with zero attached hydrogens (tertiary/aromatic N) is 1. The van der Waals surface area contributed by atoms with Crippen molar-refractivity contribution in [2.24, 2.45) is 0 Å². The smallest absolute Gasteiger partial charge is 0.317 e. The number of hydrogen-bond donors (Lipinski definition) is 1. The standard InChI is InChI=1S/C6H8N2O/c9-6-7-5-3-1-2-4-8(5)6/h2,4-5H,1,3H2,(H,7,9)/t5-/m0/s1. The normalized spacial score (nSPS) is 30.9. The second-order valence-corrected chi connectivity index (χ2v) is 2.33. The predicted octanol–water partition coefficient (Wildman–Crippen LogP) is 0.645. The highest BCUT2D eigenvalue weighted by atomic mass is 16.2. The Hall–Kier alpha value is -0.990. The van der Waals surface area contributed by atoms with E-state index >= 15 is 0 Å². The average Bonchev–Trinajstić information content (AvgIpc) is 1.86. The quantitative estimate of drug-likeness (QED) is 0.505. The maximum atomic E-state index is 10.6. The number of nitrogens with one attached hydrogen (secondary N) is 1. The molecule has 1 atom stereocenters. The maximum absolute atomic E-state index is 10.6. The summed E-state index contributed by atoms with van der Waals surface area (Å²) < 4.78 is 0. The topological polar surface area (TPSA) is 32.3 Å². The van der Waals surface area contributed by atoms with Crippen LogP contribution < -0.4 is 5.32 Å². The number of fused-ring (bicyclic) bond motifs is 1. The molecule has 1 N–H and O–H groups in total. The Kier molecular flexibility index (Phi) is 0.806. The van der Waals surface area contributed by atoms with Crippen LogP contribution >= 0.6 is 0 Å². The number of allylic oxidation sites excluding steroid dienone is 1. The van der Waals surface area contributed by atoms with Crippen molar-refractivity contribution in [2.45, 2.75) is 19.0 Å². The van der Waals surface area contributed by atoms with Crippen molar-refractivity contribution in [3.63, 3.8) is 0 Å². The molecule has 1 saturated heterocycles. The maximum Gasteiger partial charge on any atom is 0.324 e. The van der Waals surface area contributed by atoms with Crippen molar-refractivity contribution in [1.29, 1.82) is 0 Å². The summed E-state index contributed by atoms with van der Waals surface area (Å²) >= 11 is 0. The third-order valence-corrected chi connectivity index (χ3v) is 1.73. The first kappa shape index (κ1) is 4.85. The lowest BCUT2D eigenvalue weighted by Gasteiger charge is -2.41. The minimum atomic E-state index is 0.0379. The second-order valence-electron chi connectivity index (χ2n) is 2.33. The van der Waals surface area contributed by atoms with E-state index in [0.717, 1.165) is 12.8 Å². The average molecular weight is 124 g/mol. The van der Waals surface area contributed by atoms with Gasteiger partial charge in [0.1, 0.15) is 6.17 Å². The van der Waals surface area contributed by atoms with Crippen LogP contribution in [0.25, 0.3) is 0 Å². The Morgan fingerprint density at radius 2 is 2.67 bits per heavy atom. The SMILES string of the molecule is O=C1N[C@@H]2CCC=CN12. The zero-order valence-corrected chi connectivity index (χ0v) is 5.00. The van der Waals surface area contributed by atoms with Crippen LogP contribution in [-0.2, 0) is 0 Å². The van der Waals surface area contributed by atoms with E-state index in [1.165, 1.54) is 0 Å². The molecule has 2 aliphatic rings. The molecule has 48 valence electrons. The van der Waals surface area contributed by atoms with Gasteiger partial charge in [-0.15, -0.1) is 0 Å². The van der Waals surface area contributed by atoms with Gasteiger partial charge in [0.2, 0.25) is 0 Å². The molecule has 2 heterocycles. The van der Waals surface area contributed by atoms with Crippen molar-refractivity contribution in [2.75, 3.05) is 0 Å². The monoisotopic (exact) mass is 124 g/mol. The minimum Gasteiger partial charge on any atom is -0.317 e. The van der Waals surface area contributed by atoms with Crippen molar-refractivity contribution in [3.8, 4) is 0 Å². The molecule has 1 fully saturated rings. The fourth-order valence-corrected chi connectivity index (χ4v) is 1.19. The second kappa shape index (κ2) is 1.50. The lowest BCUT2D eigenvalue weighted by molar-refractivity contribution is 0.130. The molecule has 0 spiro atoms. The summed E-state index contributed by atoms with van der Waals surface area (Å²) in [5, 5.41) is 2.78. The summed E-state index contributed by atoms with van der Waals surface area (Å²) in [6.45, 7) is 0. The molecule has 0 aromatic rings. The van der Waals surface area contributed by atoms with Crippen LogP contribution in [0.3, 0.4) is 0 Å². The lowest BCUT2D eigenvalue weighted by Crippen LogP contribution is -2.63. The molecule has 0 unspecified atom stereocenters. The minimum absolute atomic E-state index is 0.0379. The van der Waals surface area contributed by atoms with Gasteiger partial charge in [0.15, 0.2) is 0 Å². The zero-order chi connectivity index (χ0) is 6.27. The van der Waals surface area contributed by atoms with E-state index in [1.807, 2.05) is 12.3 Å². The van der Waals surface area contributed by atoms with Crippen LogP contribution in [0.4, 0.5) is 4.79 Å². The number of carbonyl (C=O) groups excluding carboxylic acids is 1. The molecular formula is C6H8N2O. The number of urea groups is 1. The van der Waals surface area contributed by atoms with E-state index in [2.05, 4.69) is 5.32 Å². The van der Waals surface area contributed by atoms with E-state index < -0.39 is 0 Å². The Balaban J connectivity index is 2.16. The van der Waals surface area contributed by atoms with E-state index in [-0.39, 0.29) is 6.03 Å². The summed E-state index contributed by atoms with van der Waals surface area (Å²) in [6.07, 6.45) is 6.33. The Bertz CT molecular complexity index is 176. The molecule has 0 saturated carbocycles. The Labute approximate surface area is 53.3 Å². The van der Waals surface area contributed by atoms with E-state index in [9.17, 15) is 4.79 Å². The fraction of sp³-hybridized carbons (Fsp3) is 0.500. The highest BCUT2D eigenvalue weighted by molar-refractivity contribution is 5.81. The molecule has 2 aliphatic heterocycles. The summed E-state index contributed by atoms with van der Waals surface area (Å²) in [5.41, 5.74) is 0. The van der Waals surface area contributed by atoms with Crippen LogP contribution in [0.5, 0.6) is 0 Å². The van der Waals surface area contributed by atoms with Crippen LogP contribution in [-0.4, -0.2) is 17.1 Å². The predicted molar refractivity (Wildman–Crippen MR) is 32.5 cm³/mol. The molecule has 0 aromatic carbocycles. The summed E-state index contributed by atoms with van der Waals surface area (Å²) in [4.78, 5) is 12.4. The van der Waals surface area contributed by atoms with Gasteiger partial charge in [-0.1, -0.05) is 6.08 Å². The van der Waals surface area contributed by atoms with E-state index in [4.69, 9.17) is 0 Å². The van der Waals surface area contributed by atoms with Gasteiger partial charge in [0, 0.05) is 6.20 Å². The molecule has 0 aromatic heterocycles. The molecule has 0 aliphatic carbocycles. The number of rotatable bonds is 0. The van der Waals surface area contributed by atoms with Gasteiger partial charge in [-0.2, -0.15) is 0 Å². The van der Waals surface area contributed by atoms with Crippen LogP contribution in [0.1, 0.15) is 12.8 Å². The number of amides is 2. The zero-order valence-electron chi connectivity index (χ0n) is 5.00. The van der Waals surface area contributed by atoms with Gasteiger partial charge in [-0.25, -0.2) is 4.79 Å². The molecule has 3 heteroatoms. The number of hydrogen-bond acceptors (Lipinski definition) is 1. The number of carbonyl (C=O) groups is 1. The van der Waals surface area contributed by atoms with Crippen molar-refractivity contribution >= 4 is 6.03 Å². The van der Waals surface area contributed by atoms with Crippen molar-refractivity contribution < 1.29 is 4.79 Å². The first-order chi connectivity index (χ1) is 4.38. The van der Waals surface area contributed by atoms with Crippen LogP contribution in [0, 0.1) is 0 Å². The van der Waals surface area contributed by atoms with Gasteiger partial charge in [-0.05, 0) is 12.8 Å². The van der Waals surface area contributed by atoms with Crippen LogP contribution in [0.15, 0.2) is 12.3 Å². The Morgan fingerprint density at radius 1 is 1.78 bits per heavy atom. The van der Waals surface area contributed by atoms with E-state index in [0.29, 0.717) is 6.17 Å². The van der Waals surface area contributed by atoms with Gasteiger partial charge < -0.3 is 5.32 Å². The molecule has 3 nitrogen and oxygen atoms in total. The van der Waals surface area contributed by atoms with Gasteiger partial charge >= 0.3 is 6.03 Å². The largest absolute Gasteiger partial charge is 0.324 e. The highest BCUT2D eigenvalue weighted by Gasteiger charge is 2.33. The van der Waals surface area contributed by atoms with Gasteiger partial charge in [-0.3, -0.25) is 4.90 Å². The first-order valence-electron chi connectivity index (χ1n) is 3.13. The van der Waals surface area contributed by atoms with E-state index in [1.54, 1.807) is 4.90 Å². The van der Waals surface area contributed by atoms with Crippen LogP contribution in [0.2, 0.25) is 0 Å². The molecule has 0 radical (unpaired) electrons. The summed E-state index contributed by atoms with van der Waals surface area (Å²) in [7, 11) is 0. The molecule has 9 heavy (non-hydrogen) atoms. The van der Waals surface area contributed by atoms with Gasteiger partial charge in [0.25, 0.3) is 0 Å². The Morgan fingerprint density at radius 3 is 3.22 bits per heavy atom.